The molecular formula is C16H13ClF2N2O. The van der Waals surface area contributed by atoms with Crippen molar-refractivity contribution >= 4 is 23.2 Å². The quantitative estimate of drug-likeness (QED) is 0.915. The number of carbonyl (C=O) groups excluding carboxylic acids is 1. The summed E-state index contributed by atoms with van der Waals surface area (Å²) in [5, 5.41) is 3.06. The van der Waals surface area contributed by atoms with Crippen molar-refractivity contribution in [1.29, 1.82) is 0 Å². The van der Waals surface area contributed by atoms with E-state index in [0.29, 0.717) is 16.4 Å². The maximum absolute atomic E-state index is 12.9. The molecule has 2 aromatic rings. The monoisotopic (exact) mass is 322 g/mol. The molecule has 3 nitrogen and oxygen atoms in total. The molecule has 3 rings (SSSR count). The van der Waals surface area contributed by atoms with Crippen LogP contribution in [0.4, 0.5) is 14.5 Å². The molecule has 1 aliphatic rings. The Bertz CT molecular complexity index is 731. The number of amides is 1. The fourth-order valence-electron chi connectivity index (χ4n) is 2.24. The van der Waals surface area contributed by atoms with Crippen LogP contribution in [0.1, 0.15) is 12.0 Å². The molecule has 1 aliphatic carbocycles. The van der Waals surface area contributed by atoms with Crippen LogP contribution in [0.5, 0.6) is 0 Å². The number of pyridine rings is 1. The van der Waals surface area contributed by atoms with Gasteiger partial charge in [-0.1, -0.05) is 17.7 Å². The molecule has 0 spiro atoms. The zero-order valence-corrected chi connectivity index (χ0v) is 12.5. The molecule has 1 amide bonds. The molecule has 22 heavy (non-hydrogen) atoms. The average molecular weight is 323 g/mol. The summed E-state index contributed by atoms with van der Waals surface area (Å²) in [5.74, 6) is -4.73. The minimum Gasteiger partial charge on any atom is -0.326 e. The number of halogens is 3. The molecule has 0 aliphatic heterocycles. The second-order valence-corrected chi connectivity index (χ2v) is 5.83. The molecule has 1 heterocycles. The van der Waals surface area contributed by atoms with Crippen LogP contribution in [0.25, 0.3) is 11.3 Å². The lowest BCUT2D eigenvalue weighted by atomic mass is 10.0. The second-order valence-electron chi connectivity index (χ2n) is 5.40. The second kappa shape index (κ2) is 5.32. The lowest BCUT2D eigenvalue weighted by Crippen LogP contribution is -2.17. The first-order chi connectivity index (χ1) is 10.4. The van der Waals surface area contributed by atoms with Gasteiger partial charge in [-0.15, -0.1) is 0 Å². The highest BCUT2D eigenvalue weighted by Crippen LogP contribution is 2.49. The van der Waals surface area contributed by atoms with Crippen molar-refractivity contribution in [1.82, 2.24) is 4.98 Å². The van der Waals surface area contributed by atoms with E-state index in [9.17, 15) is 13.6 Å². The van der Waals surface area contributed by atoms with Crippen LogP contribution in [0.3, 0.4) is 0 Å². The summed E-state index contributed by atoms with van der Waals surface area (Å²) >= 11 is 5.82. The number of carbonyl (C=O) groups is 1. The number of hydrogen-bond acceptors (Lipinski definition) is 2. The summed E-state index contributed by atoms with van der Waals surface area (Å²) in [6, 6.07) is 8.72. The molecule has 1 aromatic heterocycles. The van der Waals surface area contributed by atoms with Gasteiger partial charge in [0.25, 0.3) is 5.92 Å². The normalized spacial score (nSPS) is 18.8. The molecule has 1 atom stereocenters. The van der Waals surface area contributed by atoms with E-state index in [1.54, 1.807) is 24.3 Å². The van der Waals surface area contributed by atoms with E-state index >= 15 is 0 Å². The van der Waals surface area contributed by atoms with E-state index in [0.717, 1.165) is 11.1 Å². The average Bonchev–Trinajstić information content (AvgIpc) is 3.11. The summed E-state index contributed by atoms with van der Waals surface area (Å²) in [4.78, 5) is 16.0. The van der Waals surface area contributed by atoms with Gasteiger partial charge in [0.15, 0.2) is 0 Å². The Morgan fingerprint density at radius 1 is 1.36 bits per heavy atom. The number of hydrogen-bond donors (Lipinski definition) is 1. The maximum Gasteiger partial charge on any atom is 0.260 e. The number of anilines is 1. The summed E-state index contributed by atoms with van der Waals surface area (Å²) in [6.45, 7) is 1.91. The van der Waals surface area contributed by atoms with Crippen LogP contribution in [0.2, 0.25) is 5.02 Å². The molecule has 0 unspecified atom stereocenters. The minimum absolute atomic E-state index is 0.379. The van der Waals surface area contributed by atoms with Crippen molar-refractivity contribution in [3.63, 3.8) is 0 Å². The van der Waals surface area contributed by atoms with Crippen LogP contribution in [0, 0.1) is 12.8 Å². The fraction of sp³-hybridized carbons (Fsp3) is 0.250. The van der Waals surface area contributed by atoms with Crippen LogP contribution in [-0.2, 0) is 4.79 Å². The highest BCUT2D eigenvalue weighted by molar-refractivity contribution is 6.30. The number of aromatic nitrogens is 1. The predicted octanol–water partition coefficient (Wildman–Crippen LogP) is 4.30. The van der Waals surface area contributed by atoms with E-state index in [1.807, 2.05) is 13.0 Å². The largest absolute Gasteiger partial charge is 0.326 e. The highest BCUT2D eigenvalue weighted by atomic mass is 35.5. The van der Waals surface area contributed by atoms with Crippen LogP contribution >= 0.6 is 11.6 Å². The molecule has 1 saturated carbocycles. The smallest absolute Gasteiger partial charge is 0.260 e. The standard InChI is InChI=1S/C16H13ClF2N2O/c1-9-2-4-11(21-15(22)13-7-16(13,18)19)6-12(9)14-5-3-10(17)8-20-14/h2-6,8,13H,7H2,1H3,(H,21,22)/t13-/m1/s1. The predicted molar refractivity (Wildman–Crippen MR) is 81.1 cm³/mol. The van der Waals surface area contributed by atoms with Crippen molar-refractivity contribution in [2.75, 3.05) is 5.32 Å². The number of nitrogens with zero attached hydrogens (tertiary/aromatic N) is 1. The van der Waals surface area contributed by atoms with E-state index < -0.39 is 17.7 Å². The van der Waals surface area contributed by atoms with E-state index in [4.69, 9.17) is 11.6 Å². The lowest BCUT2D eigenvalue weighted by molar-refractivity contribution is -0.119. The van der Waals surface area contributed by atoms with Gasteiger partial charge in [-0.25, -0.2) is 8.78 Å². The Kier molecular flexibility index (Phi) is 3.60. The van der Waals surface area contributed by atoms with Gasteiger partial charge in [-0.05, 0) is 36.8 Å². The van der Waals surface area contributed by atoms with Crippen molar-refractivity contribution < 1.29 is 13.6 Å². The van der Waals surface area contributed by atoms with Crippen molar-refractivity contribution in [2.45, 2.75) is 19.3 Å². The van der Waals surface area contributed by atoms with E-state index in [1.165, 1.54) is 6.20 Å². The van der Waals surface area contributed by atoms with Gasteiger partial charge < -0.3 is 5.32 Å². The molecule has 0 bridgehead atoms. The zero-order valence-electron chi connectivity index (χ0n) is 11.7. The third-order valence-corrected chi connectivity index (χ3v) is 3.87. The number of benzene rings is 1. The molecule has 0 radical (unpaired) electrons. The SMILES string of the molecule is Cc1ccc(NC(=O)[C@H]2CC2(F)F)cc1-c1ccc(Cl)cn1. The van der Waals surface area contributed by atoms with Gasteiger partial charge in [0.2, 0.25) is 5.91 Å². The van der Waals surface area contributed by atoms with Gasteiger partial charge in [-0.3, -0.25) is 9.78 Å². The molecule has 6 heteroatoms. The number of alkyl halides is 2. The Labute approximate surface area is 131 Å². The van der Waals surface area contributed by atoms with Gasteiger partial charge in [0, 0.05) is 23.9 Å². The van der Waals surface area contributed by atoms with Crippen LogP contribution in [-0.4, -0.2) is 16.8 Å². The van der Waals surface area contributed by atoms with E-state index in [-0.39, 0.29) is 6.42 Å². The van der Waals surface area contributed by atoms with Crippen molar-refractivity contribution in [2.24, 2.45) is 5.92 Å². The first kappa shape index (κ1) is 14.9. The fourth-order valence-corrected chi connectivity index (χ4v) is 2.35. The Morgan fingerprint density at radius 2 is 2.09 bits per heavy atom. The summed E-state index contributed by atoms with van der Waals surface area (Å²) in [5.41, 5.74) is 2.96. The van der Waals surface area contributed by atoms with Gasteiger partial charge in [0.1, 0.15) is 5.92 Å². The Hall–Kier alpha value is -2.01. The molecule has 114 valence electrons. The summed E-state index contributed by atoms with van der Waals surface area (Å²) in [7, 11) is 0. The van der Waals surface area contributed by atoms with Crippen LogP contribution in [0.15, 0.2) is 36.5 Å². The summed E-state index contributed by atoms with van der Waals surface area (Å²) in [6.07, 6.45) is 1.16. The third-order valence-electron chi connectivity index (χ3n) is 3.65. The third kappa shape index (κ3) is 2.95. The zero-order chi connectivity index (χ0) is 15.9. The molecule has 1 fully saturated rings. The maximum atomic E-state index is 12.9. The molecule has 1 N–H and O–H groups in total. The first-order valence-corrected chi connectivity index (χ1v) is 7.16. The number of aryl methyl sites for hydroxylation is 1. The van der Waals surface area contributed by atoms with Gasteiger partial charge in [0.05, 0.1) is 10.7 Å². The molecular weight excluding hydrogens is 310 g/mol. The first-order valence-electron chi connectivity index (χ1n) is 6.78. The number of rotatable bonds is 3. The topological polar surface area (TPSA) is 42.0 Å². The Balaban J connectivity index is 1.84. The summed E-state index contributed by atoms with van der Waals surface area (Å²) < 4.78 is 25.8. The highest BCUT2D eigenvalue weighted by Gasteiger charge is 2.61. The minimum atomic E-state index is -2.87. The number of nitrogens with one attached hydrogen (secondary N) is 1. The van der Waals surface area contributed by atoms with E-state index in [2.05, 4.69) is 10.3 Å². The lowest BCUT2D eigenvalue weighted by Gasteiger charge is -2.10. The van der Waals surface area contributed by atoms with Crippen LogP contribution < -0.4 is 5.32 Å². The molecule has 0 saturated heterocycles. The van der Waals surface area contributed by atoms with Gasteiger partial charge in [-0.2, -0.15) is 0 Å². The van der Waals surface area contributed by atoms with Crippen molar-refractivity contribution in [3.8, 4) is 11.3 Å². The Morgan fingerprint density at radius 3 is 2.68 bits per heavy atom. The van der Waals surface area contributed by atoms with Crippen molar-refractivity contribution in [3.05, 3.63) is 47.1 Å². The molecule has 1 aromatic carbocycles. The van der Waals surface area contributed by atoms with Gasteiger partial charge >= 0.3 is 0 Å².